The Morgan fingerprint density at radius 1 is 1.26 bits per heavy atom. The van der Waals surface area contributed by atoms with Crippen LogP contribution in [0.25, 0.3) is 11.1 Å². The standard InChI is InChI=1S/C24H21ClN2O2S2/c1-15(13-27(2)3)22(29)23-21(17-5-4-6-18(25)11-17)20(12-26)24(31-23)30-14-16-7-9-19(28)10-8-16/h4-11,13,28H,14H2,1-3H3/b15-13+. The third kappa shape index (κ3) is 5.50. The number of hydrogen-bond acceptors (Lipinski definition) is 6. The van der Waals surface area contributed by atoms with Crippen LogP contribution < -0.4 is 0 Å². The van der Waals surface area contributed by atoms with Gasteiger partial charge in [0, 0.05) is 42.2 Å². The molecule has 0 saturated carbocycles. The monoisotopic (exact) mass is 468 g/mol. The molecule has 1 heterocycles. The predicted octanol–water partition coefficient (Wildman–Crippen LogP) is 6.59. The smallest absolute Gasteiger partial charge is 0.200 e. The Kier molecular flexibility index (Phi) is 7.45. The Hall–Kier alpha value is -2.72. The van der Waals surface area contributed by atoms with E-state index in [4.69, 9.17) is 11.6 Å². The molecule has 2 aromatic carbocycles. The van der Waals surface area contributed by atoms with Gasteiger partial charge in [0.15, 0.2) is 0 Å². The molecule has 4 nitrogen and oxygen atoms in total. The highest BCUT2D eigenvalue weighted by Crippen LogP contribution is 2.44. The van der Waals surface area contributed by atoms with E-state index in [1.165, 1.54) is 23.1 Å². The zero-order valence-corrected chi connectivity index (χ0v) is 19.7. The van der Waals surface area contributed by atoms with E-state index in [1.54, 1.807) is 37.4 Å². The molecule has 31 heavy (non-hydrogen) atoms. The number of hydrogen-bond donors (Lipinski definition) is 1. The van der Waals surface area contributed by atoms with E-state index >= 15 is 0 Å². The second-order valence-electron chi connectivity index (χ2n) is 7.15. The van der Waals surface area contributed by atoms with Crippen molar-refractivity contribution in [3.8, 4) is 22.9 Å². The van der Waals surface area contributed by atoms with Crippen molar-refractivity contribution in [1.29, 1.82) is 5.26 Å². The predicted molar refractivity (Wildman–Crippen MR) is 129 cm³/mol. The third-order valence-corrected chi connectivity index (χ3v) is 7.19. The van der Waals surface area contributed by atoms with E-state index in [0.717, 1.165) is 15.3 Å². The molecular weight excluding hydrogens is 448 g/mol. The van der Waals surface area contributed by atoms with Gasteiger partial charge in [-0.3, -0.25) is 4.79 Å². The van der Waals surface area contributed by atoms with E-state index in [-0.39, 0.29) is 11.5 Å². The van der Waals surface area contributed by atoms with Gasteiger partial charge in [-0.05, 0) is 42.3 Å². The lowest BCUT2D eigenvalue weighted by atomic mass is 9.99. The number of nitriles is 1. The molecule has 0 radical (unpaired) electrons. The summed E-state index contributed by atoms with van der Waals surface area (Å²) < 4.78 is 0.784. The molecule has 0 aliphatic heterocycles. The summed E-state index contributed by atoms with van der Waals surface area (Å²) in [6.45, 7) is 1.78. The van der Waals surface area contributed by atoms with Crippen LogP contribution in [-0.4, -0.2) is 29.9 Å². The molecule has 0 unspecified atom stereocenters. The molecule has 0 atom stereocenters. The van der Waals surface area contributed by atoms with Crippen LogP contribution in [0.2, 0.25) is 5.02 Å². The maximum absolute atomic E-state index is 13.3. The lowest BCUT2D eigenvalue weighted by Gasteiger charge is -2.09. The van der Waals surface area contributed by atoms with Crippen LogP contribution in [-0.2, 0) is 5.75 Å². The van der Waals surface area contributed by atoms with Crippen molar-refractivity contribution in [2.45, 2.75) is 16.9 Å². The highest BCUT2D eigenvalue weighted by Gasteiger charge is 2.25. The summed E-state index contributed by atoms with van der Waals surface area (Å²) in [6, 6.07) is 16.5. The molecule has 0 aliphatic carbocycles. The van der Waals surface area contributed by atoms with Crippen molar-refractivity contribution in [2.75, 3.05) is 14.1 Å². The van der Waals surface area contributed by atoms with E-state index < -0.39 is 0 Å². The van der Waals surface area contributed by atoms with Gasteiger partial charge in [-0.25, -0.2) is 0 Å². The maximum Gasteiger partial charge on any atom is 0.200 e. The number of benzene rings is 2. The summed E-state index contributed by atoms with van der Waals surface area (Å²) in [5, 5.41) is 20.0. The van der Waals surface area contributed by atoms with Gasteiger partial charge >= 0.3 is 0 Å². The van der Waals surface area contributed by atoms with E-state index in [2.05, 4.69) is 6.07 Å². The van der Waals surface area contributed by atoms with Crippen LogP contribution in [0.5, 0.6) is 5.75 Å². The quantitative estimate of drug-likeness (QED) is 0.241. The first-order chi connectivity index (χ1) is 14.8. The zero-order chi connectivity index (χ0) is 22.5. The summed E-state index contributed by atoms with van der Waals surface area (Å²) in [5.74, 6) is 0.716. The number of carbonyl (C=O) groups is 1. The van der Waals surface area contributed by atoms with Crippen LogP contribution >= 0.6 is 34.7 Å². The number of Topliss-reactive ketones (excluding diaryl/α,β-unsaturated/α-hetero) is 1. The Bertz CT molecular complexity index is 1180. The average molecular weight is 469 g/mol. The molecule has 1 N–H and O–H groups in total. The van der Waals surface area contributed by atoms with Crippen LogP contribution in [0.15, 0.2) is 64.5 Å². The van der Waals surface area contributed by atoms with Crippen LogP contribution in [0.3, 0.4) is 0 Å². The zero-order valence-electron chi connectivity index (χ0n) is 17.3. The summed E-state index contributed by atoms with van der Waals surface area (Å²) in [6.07, 6.45) is 1.78. The number of allylic oxidation sites excluding steroid dienone is 1. The number of phenols is 1. The SMILES string of the molecule is C/C(=C\N(C)C)C(=O)c1sc(SCc2ccc(O)cc2)c(C#N)c1-c1cccc(Cl)c1. The molecule has 0 aliphatic rings. The molecule has 0 bridgehead atoms. The molecule has 158 valence electrons. The molecular formula is C24H21ClN2O2S2. The third-order valence-electron chi connectivity index (χ3n) is 4.42. The summed E-state index contributed by atoms with van der Waals surface area (Å²) >= 11 is 9.05. The lowest BCUT2D eigenvalue weighted by Crippen LogP contribution is -2.07. The maximum atomic E-state index is 13.3. The fraction of sp³-hybridized carbons (Fsp3) is 0.167. The molecule has 3 rings (SSSR count). The summed E-state index contributed by atoms with van der Waals surface area (Å²) in [5.41, 5.74) is 3.46. The lowest BCUT2D eigenvalue weighted by molar-refractivity contribution is 0.103. The average Bonchev–Trinajstić information content (AvgIpc) is 3.10. The van der Waals surface area contributed by atoms with Gasteiger partial charge in [-0.2, -0.15) is 5.26 Å². The van der Waals surface area contributed by atoms with Gasteiger partial charge in [0.2, 0.25) is 5.78 Å². The normalized spacial score (nSPS) is 11.3. The molecule has 0 amide bonds. The minimum atomic E-state index is -0.110. The first kappa shape index (κ1) is 23.0. The molecule has 1 aromatic heterocycles. The Morgan fingerprint density at radius 3 is 2.58 bits per heavy atom. The Morgan fingerprint density at radius 2 is 1.97 bits per heavy atom. The van der Waals surface area contributed by atoms with Crippen LogP contribution in [0.4, 0.5) is 0 Å². The number of phenolic OH excluding ortho intramolecular Hbond substituents is 1. The minimum Gasteiger partial charge on any atom is -0.508 e. The second kappa shape index (κ2) is 10.1. The number of ketones is 1. The van der Waals surface area contributed by atoms with Gasteiger partial charge in [-0.1, -0.05) is 35.9 Å². The van der Waals surface area contributed by atoms with Gasteiger partial charge < -0.3 is 10.0 Å². The molecule has 7 heteroatoms. The van der Waals surface area contributed by atoms with Gasteiger partial charge in [0.25, 0.3) is 0 Å². The highest BCUT2D eigenvalue weighted by atomic mass is 35.5. The number of rotatable bonds is 7. The fourth-order valence-corrected chi connectivity index (χ4v) is 5.70. The molecule has 0 fully saturated rings. The summed E-state index contributed by atoms with van der Waals surface area (Å²) in [4.78, 5) is 15.6. The molecule has 3 aromatic rings. The van der Waals surface area contributed by atoms with Crippen LogP contribution in [0.1, 0.15) is 27.7 Å². The van der Waals surface area contributed by atoms with Crippen molar-refractivity contribution >= 4 is 40.5 Å². The highest BCUT2D eigenvalue weighted by molar-refractivity contribution is 8.00. The number of halogens is 1. The number of aromatic hydroxyl groups is 1. The number of nitrogens with zero attached hydrogens (tertiary/aromatic N) is 2. The number of thiophene rings is 1. The van der Waals surface area contributed by atoms with Gasteiger partial charge in [-0.15, -0.1) is 23.1 Å². The van der Waals surface area contributed by atoms with E-state index in [9.17, 15) is 15.2 Å². The van der Waals surface area contributed by atoms with Crippen LogP contribution in [0, 0.1) is 11.3 Å². The molecule has 0 saturated heterocycles. The topological polar surface area (TPSA) is 64.3 Å². The number of carbonyl (C=O) groups excluding carboxylic acids is 1. The fourth-order valence-electron chi connectivity index (χ4n) is 3.06. The van der Waals surface area contributed by atoms with Crippen molar-refractivity contribution in [3.05, 3.63) is 81.3 Å². The first-order valence-corrected chi connectivity index (χ1v) is 11.6. The van der Waals surface area contributed by atoms with Crippen molar-refractivity contribution in [3.63, 3.8) is 0 Å². The van der Waals surface area contributed by atoms with Crippen molar-refractivity contribution in [1.82, 2.24) is 4.90 Å². The van der Waals surface area contributed by atoms with Gasteiger partial charge in [0.1, 0.15) is 11.8 Å². The number of thioether (sulfide) groups is 1. The second-order valence-corrected chi connectivity index (χ2v) is 9.85. The largest absolute Gasteiger partial charge is 0.508 e. The Labute approximate surface area is 195 Å². The first-order valence-electron chi connectivity index (χ1n) is 9.43. The minimum absolute atomic E-state index is 0.110. The van der Waals surface area contributed by atoms with Gasteiger partial charge in [0.05, 0.1) is 14.6 Å². The van der Waals surface area contributed by atoms with E-state index in [0.29, 0.717) is 32.4 Å². The summed E-state index contributed by atoms with van der Waals surface area (Å²) in [7, 11) is 3.73. The van der Waals surface area contributed by atoms with Crippen molar-refractivity contribution in [2.24, 2.45) is 0 Å². The molecule has 0 spiro atoms. The van der Waals surface area contributed by atoms with Crippen molar-refractivity contribution < 1.29 is 9.90 Å². The van der Waals surface area contributed by atoms with E-state index in [1.807, 2.05) is 43.3 Å². The Balaban J connectivity index is 2.09.